The van der Waals surface area contributed by atoms with Gasteiger partial charge in [-0.1, -0.05) is 42.5 Å². The summed E-state index contributed by atoms with van der Waals surface area (Å²) in [6, 6.07) is 14.4. The molecule has 2 N–H and O–H groups in total. The van der Waals surface area contributed by atoms with Crippen molar-refractivity contribution in [3.8, 4) is 16.9 Å². The SMILES string of the molecule is CC(C)(C)OC(=O)N[C@H]1COc2cccc(-c3ccccc3)c2NC1=O. The van der Waals surface area contributed by atoms with Crippen molar-refractivity contribution < 1.29 is 19.1 Å². The number of para-hydroxylation sites is 1. The van der Waals surface area contributed by atoms with Crippen LogP contribution in [0.1, 0.15) is 20.8 Å². The van der Waals surface area contributed by atoms with Gasteiger partial charge in [0.15, 0.2) is 0 Å². The van der Waals surface area contributed by atoms with Crippen molar-refractivity contribution in [1.82, 2.24) is 5.32 Å². The first-order valence-electron chi connectivity index (χ1n) is 8.45. The van der Waals surface area contributed by atoms with Crippen LogP contribution in [0.5, 0.6) is 5.75 Å². The third-order valence-corrected chi connectivity index (χ3v) is 3.77. The number of anilines is 1. The molecule has 6 nitrogen and oxygen atoms in total. The van der Waals surface area contributed by atoms with Crippen molar-refractivity contribution in [2.45, 2.75) is 32.4 Å². The molecule has 2 aromatic rings. The van der Waals surface area contributed by atoms with Crippen LogP contribution in [0.3, 0.4) is 0 Å². The number of hydrogen-bond donors (Lipinski definition) is 2. The summed E-state index contributed by atoms with van der Waals surface area (Å²) in [7, 11) is 0. The first-order valence-corrected chi connectivity index (χ1v) is 8.45. The molecule has 0 saturated carbocycles. The highest BCUT2D eigenvalue weighted by molar-refractivity contribution is 6.02. The Kier molecular flexibility index (Phi) is 4.84. The number of amides is 2. The van der Waals surface area contributed by atoms with Crippen molar-refractivity contribution in [3.05, 3.63) is 48.5 Å². The molecule has 2 amide bonds. The molecular weight excluding hydrogens is 332 g/mol. The average molecular weight is 354 g/mol. The van der Waals surface area contributed by atoms with E-state index in [1.54, 1.807) is 26.8 Å². The number of carbonyl (C=O) groups is 2. The fourth-order valence-electron chi connectivity index (χ4n) is 2.65. The molecule has 0 unspecified atom stereocenters. The van der Waals surface area contributed by atoms with Crippen LogP contribution in [-0.2, 0) is 9.53 Å². The van der Waals surface area contributed by atoms with Gasteiger partial charge in [0.05, 0.1) is 5.69 Å². The van der Waals surface area contributed by atoms with E-state index in [-0.39, 0.29) is 12.5 Å². The molecule has 136 valence electrons. The van der Waals surface area contributed by atoms with E-state index in [2.05, 4.69) is 10.6 Å². The highest BCUT2D eigenvalue weighted by Gasteiger charge is 2.29. The molecule has 0 fully saturated rings. The number of rotatable bonds is 2. The van der Waals surface area contributed by atoms with Crippen molar-refractivity contribution in [2.75, 3.05) is 11.9 Å². The Labute approximate surface area is 152 Å². The molecule has 26 heavy (non-hydrogen) atoms. The van der Waals surface area contributed by atoms with Crippen LogP contribution in [0.25, 0.3) is 11.1 Å². The Morgan fingerprint density at radius 1 is 1.15 bits per heavy atom. The lowest BCUT2D eigenvalue weighted by Gasteiger charge is -2.22. The first-order chi connectivity index (χ1) is 12.3. The van der Waals surface area contributed by atoms with E-state index in [0.29, 0.717) is 11.4 Å². The van der Waals surface area contributed by atoms with Crippen LogP contribution in [0.4, 0.5) is 10.5 Å². The number of alkyl carbamates (subject to hydrolysis) is 1. The van der Waals surface area contributed by atoms with E-state index in [1.165, 1.54) is 0 Å². The summed E-state index contributed by atoms with van der Waals surface area (Å²) in [4.78, 5) is 24.6. The molecule has 6 heteroatoms. The van der Waals surface area contributed by atoms with Gasteiger partial charge in [0.1, 0.15) is 24.0 Å². The first kappa shape index (κ1) is 17.8. The van der Waals surface area contributed by atoms with Crippen molar-refractivity contribution in [3.63, 3.8) is 0 Å². The van der Waals surface area contributed by atoms with Crippen LogP contribution < -0.4 is 15.4 Å². The minimum Gasteiger partial charge on any atom is -0.489 e. The fourth-order valence-corrected chi connectivity index (χ4v) is 2.65. The number of nitrogens with one attached hydrogen (secondary N) is 2. The van der Waals surface area contributed by atoms with Crippen LogP contribution in [0.2, 0.25) is 0 Å². The van der Waals surface area contributed by atoms with Crippen LogP contribution in [-0.4, -0.2) is 30.3 Å². The summed E-state index contributed by atoms with van der Waals surface area (Å²) < 4.78 is 11.0. The van der Waals surface area contributed by atoms with Crippen LogP contribution in [0.15, 0.2) is 48.5 Å². The van der Waals surface area contributed by atoms with Crippen LogP contribution in [0, 0.1) is 0 Å². The Morgan fingerprint density at radius 2 is 1.88 bits per heavy atom. The number of ether oxygens (including phenoxy) is 2. The predicted octanol–water partition coefficient (Wildman–Crippen LogP) is 3.58. The van der Waals surface area contributed by atoms with E-state index in [1.807, 2.05) is 42.5 Å². The van der Waals surface area contributed by atoms with Gasteiger partial charge >= 0.3 is 6.09 Å². The van der Waals surface area contributed by atoms with Gasteiger partial charge in [-0.2, -0.15) is 0 Å². The summed E-state index contributed by atoms with van der Waals surface area (Å²) in [5, 5.41) is 5.43. The Morgan fingerprint density at radius 3 is 2.58 bits per heavy atom. The molecule has 0 bridgehead atoms. The summed E-state index contributed by atoms with van der Waals surface area (Å²) in [6.07, 6.45) is -0.657. The molecule has 0 aromatic heterocycles. The van der Waals surface area contributed by atoms with Crippen molar-refractivity contribution >= 4 is 17.7 Å². The lowest BCUT2D eigenvalue weighted by Crippen LogP contribution is -2.48. The molecule has 0 spiro atoms. The van der Waals surface area contributed by atoms with Crippen molar-refractivity contribution in [1.29, 1.82) is 0 Å². The highest BCUT2D eigenvalue weighted by Crippen LogP contribution is 2.37. The summed E-state index contributed by atoms with van der Waals surface area (Å²) in [5.74, 6) is 0.214. The number of fused-ring (bicyclic) bond motifs is 1. The summed E-state index contributed by atoms with van der Waals surface area (Å²) in [5.41, 5.74) is 1.77. The molecule has 1 aliphatic heterocycles. The minimum absolute atomic E-state index is 0.0241. The number of hydrogen-bond acceptors (Lipinski definition) is 4. The molecule has 1 heterocycles. The summed E-state index contributed by atoms with van der Waals surface area (Å²) in [6.45, 7) is 5.31. The monoisotopic (exact) mass is 354 g/mol. The zero-order valence-corrected chi connectivity index (χ0v) is 15.0. The van der Waals surface area contributed by atoms with E-state index >= 15 is 0 Å². The minimum atomic E-state index is -0.846. The van der Waals surface area contributed by atoms with E-state index in [4.69, 9.17) is 9.47 Å². The maximum absolute atomic E-state index is 12.6. The molecular formula is C20H22N2O4. The molecule has 0 radical (unpaired) electrons. The second-order valence-electron chi connectivity index (χ2n) is 7.04. The maximum Gasteiger partial charge on any atom is 0.408 e. The third-order valence-electron chi connectivity index (χ3n) is 3.77. The van der Waals surface area contributed by atoms with Gasteiger partial charge in [-0.05, 0) is 32.4 Å². The lowest BCUT2D eigenvalue weighted by atomic mass is 10.0. The molecule has 3 rings (SSSR count). The van der Waals surface area contributed by atoms with E-state index in [9.17, 15) is 9.59 Å². The highest BCUT2D eigenvalue weighted by atomic mass is 16.6. The largest absolute Gasteiger partial charge is 0.489 e. The Bertz CT molecular complexity index is 812. The van der Waals surface area contributed by atoms with Gasteiger partial charge in [-0.15, -0.1) is 0 Å². The van der Waals surface area contributed by atoms with Gasteiger partial charge in [-0.25, -0.2) is 4.79 Å². The third kappa shape index (κ3) is 4.14. The predicted molar refractivity (Wildman–Crippen MR) is 99.2 cm³/mol. The van der Waals surface area contributed by atoms with Gasteiger partial charge in [0.25, 0.3) is 5.91 Å². The molecule has 0 saturated heterocycles. The average Bonchev–Trinajstić information content (AvgIpc) is 2.73. The second-order valence-corrected chi connectivity index (χ2v) is 7.04. The smallest absolute Gasteiger partial charge is 0.408 e. The quantitative estimate of drug-likeness (QED) is 0.864. The van der Waals surface area contributed by atoms with E-state index < -0.39 is 17.7 Å². The maximum atomic E-state index is 12.6. The van der Waals surface area contributed by atoms with E-state index in [0.717, 1.165) is 11.1 Å². The lowest BCUT2D eigenvalue weighted by molar-refractivity contribution is -0.118. The topological polar surface area (TPSA) is 76.7 Å². The number of carbonyl (C=O) groups excluding carboxylic acids is 2. The standard InChI is InChI=1S/C20H22N2O4/c1-20(2,3)26-19(24)21-15-12-25-16-11-7-10-14(17(16)22-18(15)23)13-8-5-4-6-9-13/h4-11,15H,12H2,1-3H3,(H,21,24)(H,22,23)/t15-/m0/s1. The van der Waals surface area contributed by atoms with Gasteiger partial charge in [0.2, 0.25) is 0 Å². The number of benzene rings is 2. The van der Waals surface area contributed by atoms with Crippen LogP contribution >= 0.6 is 0 Å². The zero-order valence-electron chi connectivity index (χ0n) is 15.0. The van der Waals surface area contributed by atoms with Crippen molar-refractivity contribution in [2.24, 2.45) is 0 Å². The van der Waals surface area contributed by atoms with Gasteiger partial charge in [-0.3, -0.25) is 4.79 Å². The Balaban J connectivity index is 1.82. The molecule has 1 atom stereocenters. The summed E-state index contributed by atoms with van der Waals surface area (Å²) >= 11 is 0. The second kappa shape index (κ2) is 7.07. The zero-order chi connectivity index (χ0) is 18.7. The Hall–Kier alpha value is -3.02. The molecule has 2 aromatic carbocycles. The normalized spacial score (nSPS) is 16.6. The van der Waals surface area contributed by atoms with Gasteiger partial charge in [0, 0.05) is 5.56 Å². The fraction of sp³-hybridized carbons (Fsp3) is 0.300. The molecule has 0 aliphatic carbocycles. The molecule has 1 aliphatic rings. The van der Waals surface area contributed by atoms with Gasteiger partial charge < -0.3 is 20.1 Å².